The van der Waals surface area contributed by atoms with E-state index in [9.17, 15) is 9.59 Å². The molecule has 0 N–H and O–H groups in total. The van der Waals surface area contributed by atoms with Crippen LogP contribution < -0.4 is 4.74 Å². The van der Waals surface area contributed by atoms with Crippen molar-refractivity contribution >= 4 is 34.6 Å². The third-order valence-electron chi connectivity index (χ3n) is 3.87. The molecule has 1 saturated heterocycles. The van der Waals surface area contributed by atoms with E-state index in [0.29, 0.717) is 38.7 Å². The van der Waals surface area contributed by atoms with Crippen molar-refractivity contribution in [1.82, 2.24) is 14.8 Å². The van der Waals surface area contributed by atoms with Crippen molar-refractivity contribution in [2.45, 2.75) is 26.4 Å². The summed E-state index contributed by atoms with van der Waals surface area (Å²) in [6.07, 6.45) is 4.41. The van der Waals surface area contributed by atoms with Gasteiger partial charge in [-0.15, -0.1) is 0 Å². The summed E-state index contributed by atoms with van der Waals surface area (Å²) in [5.74, 6) is 0.407. The predicted molar refractivity (Wildman–Crippen MR) is 117 cm³/mol. The molecular weight excluding hydrogens is 489 g/mol. The molecule has 0 saturated carbocycles. The first-order valence-electron chi connectivity index (χ1n) is 9.50. The summed E-state index contributed by atoms with van der Waals surface area (Å²) >= 11 is 2.17. The molecule has 160 valence electrons. The van der Waals surface area contributed by atoms with Gasteiger partial charge in [0, 0.05) is 41.5 Å². The second kappa shape index (κ2) is 11.3. The average Bonchev–Trinajstić information content (AvgIpc) is 2.67. The maximum Gasteiger partial charge on any atom is 0.410 e. The lowest BCUT2D eigenvalue weighted by atomic mass is 10.2. The molecule has 8 nitrogen and oxygen atoms in total. The number of morpholine rings is 1. The normalized spacial score (nSPS) is 14.7. The van der Waals surface area contributed by atoms with Gasteiger partial charge in [-0.05, 0) is 49.4 Å². The van der Waals surface area contributed by atoms with E-state index in [1.54, 1.807) is 23.2 Å². The molecule has 0 unspecified atom stereocenters. The Bertz CT molecular complexity index is 697. The molecule has 0 bridgehead atoms. The van der Waals surface area contributed by atoms with Crippen LogP contribution >= 0.6 is 22.6 Å². The molecule has 2 amide bonds. The first-order chi connectivity index (χ1) is 13.7. The second-order valence-corrected chi connectivity index (χ2v) is 8.68. The van der Waals surface area contributed by atoms with Crippen LogP contribution in [0.1, 0.15) is 20.8 Å². The fraction of sp³-hybridized carbons (Fsp3) is 0.550. The molecule has 9 heteroatoms. The van der Waals surface area contributed by atoms with Gasteiger partial charge in [0.1, 0.15) is 12.2 Å². The van der Waals surface area contributed by atoms with Crippen LogP contribution in [0.15, 0.2) is 30.5 Å². The van der Waals surface area contributed by atoms with Gasteiger partial charge in [-0.25, -0.2) is 9.78 Å². The number of pyridine rings is 1. The zero-order valence-corrected chi connectivity index (χ0v) is 19.3. The minimum absolute atomic E-state index is 0.0863. The van der Waals surface area contributed by atoms with Crippen molar-refractivity contribution in [1.29, 1.82) is 0 Å². The van der Waals surface area contributed by atoms with Crippen LogP contribution in [0.25, 0.3) is 0 Å². The number of hydrogen-bond donors (Lipinski definition) is 0. The molecule has 1 fully saturated rings. The van der Waals surface area contributed by atoms with Gasteiger partial charge in [0.05, 0.1) is 19.8 Å². The Balaban J connectivity index is 1.90. The molecule has 0 aromatic carbocycles. The summed E-state index contributed by atoms with van der Waals surface area (Å²) in [5, 5.41) is 0. The number of carbonyl (C=O) groups is 2. The molecule has 29 heavy (non-hydrogen) atoms. The van der Waals surface area contributed by atoms with Gasteiger partial charge >= 0.3 is 6.09 Å². The Hall–Kier alpha value is -1.88. The van der Waals surface area contributed by atoms with Crippen molar-refractivity contribution in [2.24, 2.45) is 0 Å². The predicted octanol–water partition coefficient (Wildman–Crippen LogP) is 2.72. The van der Waals surface area contributed by atoms with Crippen LogP contribution in [0.5, 0.6) is 5.88 Å². The number of halogens is 1. The third-order valence-corrected chi connectivity index (χ3v) is 4.51. The molecule has 0 atom stereocenters. The van der Waals surface area contributed by atoms with Crippen molar-refractivity contribution in [3.05, 3.63) is 34.1 Å². The molecule has 2 rings (SSSR count). The molecule has 1 aliphatic rings. The van der Waals surface area contributed by atoms with Crippen molar-refractivity contribution in [3.8, 4) is 5.88 Å². The van der Waals surface area contributed by atoms with Crippen LogP contribution in [0.2, 0.25) is 0 Å². The Morgan fingerprint density at radius 3 is 2.66 bits per heavy atom. The molecular formula is C20H28IN3O5. The number of aromatic nitrogens is 1. The molecule has 1 aromatic heterocycles. The SMILES string of the molecule is CC(C)(C)OC(=O)N(C/C=C/C(=O)N1CCOCC1)CCOc1ccc(I)cn1. The summed E-state index contributed by atoms with van der Waals surface area (Å²) in [5.41, 5.74) is -0.610. The molecule has 1 aliphatic heterocycles. The van der Waals surface area contributed by atoms with E-state index in [1.807, 2.05) is 26.8 Å². The van der Waals surface area contributed by atoms with Gasteiger partial charge in [-0.2, -0.15) is 0 Å². The number of hydrogen-bond acceptors (Lipinski definition) is 6. The summed E-state index contributed by atoms with van der Waals surface area (Å²) < 4.78 is 17.3. The maximum absolute atomic E-state index is 12.5. The van der Waals surface area contributed by atoms with E-state index in [1.165, 1.54) is 11.0 Å². The van der Waals surface area contributed by atoms with E-state index in [-0.39, 0.29) is 19.1 Å². The van der Waals surface area contributed by atoms with Crippen LogP contribution in [0, 0.1) is 3.57 Å². The smallest absolute Gasteiger partial charge is 0.410 e. The van der Waals surface area contributed by atoms with Gasteiger partial charge in [-0.3, -0.25) is 4.79 Å². The standard InChI is InChI=1S/C20H28IN3O5/c1-20(2,3)29-19(26)24(11-14-28-17-7-6-16(21)15-22-17)8-4-5-18(25)23-9-12-27-13-10-23/h4-7,15H,8-14H2,1-3H3/b5-4+. The fourth-order valence-corrected chi connectivity index (χ4v) is 2.78. The summed E-state index contributed by atoms with van der Waals surface area (Å²) in [6, 6.07) is 3.68. The van der Waals surface area contributed by atoms with Gasteiger partial charge in [0.2, 0.25) is 11.8 Å². The fourth-order valence-electron chi connectivity index (χ4n) is 2.46. The van der Waals surface area contributed by atoms with E-state index in [0.717, 1.165) is 3.57 Å². The minimum atomic E-state index is -0.610. The Morgan fingerprint density at radius 1 is 1.31 bits per heavy atom. The summed E-state index contributed by atoms with van der Waals surface area (Å²) in [4.78, 5) is 32.1. The molecule has 1 aromatic rings. The zero-order valence-electron chi connectivity index (χ0n) is 17.1. The topological polar surface area (TPSA) is 81.2 Å². The largest absolute Gasteiger partial charge is 0.476 e. The Kier molecular flexibility index (Phi) is 9.15. The van der Waals surface area contributed by atoms with Crippen molar-refractivity contribution < 1.29 is 23.8 Å². The lowest BCUT2D eigenvalue weighted by Crippen LogP contribution is -2.40. The Morgan fingerprint density at radius 2 is 2.03 bits per heavy atom. The lowest BCUT2D eigenvalue weighted by molar-refractivity contribution is -0.130. The minimum Gasteiger partial charge on any atom is -0.476 e. The number of ether oxygens (including phenoxy) is 3. The van der Waals surface area contributed by atoms with Crippen LogP contribution in [-0.4, -0.2) is 78.4 Å². The first-order valence-corrected chi connectivity index (χ1v) is 10.6. The summed E-state index contributed by atoms with van der Waals surface area (Å²) in [6.45, 7) is 8.50. The monoisotopic (exact) mass is 517 g/mol. The lowest BCUT2D eigenvalue weighted by Gasteiger charge is -2.27. The zero-order chi connectivity index (χ0) is 21.3. The summed E-state index contributed by atoms with van der Waals surface area (Å²) in [7, 11) is 0. The Labute approximate surface area is 185 Å². The van der Waals surface area contributed by atoms with Gasteiger partial charge in [0.25, 0.3) is 0 Å². The van der Waals surface area contributed by atoms with E-state index in [2.05, 4.69) is 27.6 Å². The van der Waals surface area contributed by atoms with E-state index < -0.39 is 11.7 Å². The molecule has 0 aliphatic carbocycles. The van der Waals surface area contributed by atoms with E-state index in [4.69, 9.17) is 14.2 Å². The highest BCUT2D eigenvalue weighted by molar-refractivity contribution is 14.1. The molecule has 0 radical (unpaired) electrons. The van der Waals surface area contributed by atoms with Gasteiger partial charge in [0.15, 0.2) is 0 Å². The van der Waals surface area contributed by atoms with E-state index >= 15 is 0 Å². The van der Waals surface area contributed by atoms with Crippen LogP contribution in [0.3, 0.4) is 0 Å². The highest BCUT2D eigenvalue weighted by Gasteiger charge is 2.22. The van der Waals surface area contributed by atoms with Gasteiger partial charge < -0.3 is 24.0 Å². The number of amides is 2. The van der Waals surface area contributed by atoms with Crippen LogP contribution in [-0.2, 0) is 14.3 Å². The first kappa shape index (κ1) is 23.4. The third kappa shape index (κ3) is 8.99. The highest BCUT2D eigenvalue weighted by Crippen LogP contribution is 2.12. The number of nitrogens with zero attached hydrogens (tertiary/aromatic N) is 3. The molecule has 0 spiro atoms. The van der Waals surface area contributed by atoms with Crippen molar-refractivity contribution in [3.63, 3.8) is 0 Å². The van der Waals surface area contributed by atoms with Crippen LogP contribution in [0.4, 0.5) is 4.79 Å². The number of carbonyl (C=O) groups excluding carboxylic acids is 2. The quantitative estimate of drug-likeness (QED) is 0.409. The number of rotatable bonds is 7. The molecule has 2 heterocycles. The van der Waals surface area contributed by atoms with Crippen molar-refractivity contribution in [2.75, 3.05) is 46.0 Å². The maximum atomic E-state index is 12.5. The average molecular weight is 517 g/mol. The second-order valence-electron chi connectivity index (χ2n) is 7.43. The van der Waals surface area contributed by atoms with Gasteiger partial charge in [-0.1, -0.05) is 6.08 Å². The highest BCUT2D eigenvalue weighted by atomic mass is 127.